The molecular formula is C21H26N2O3S. The molecule has 0 spiro atoms. The summed E-state index contributed by atoms with van der Waals surface area (Å²) in [7, 11) is 0. The first-order valence-corrected chi connectivity index (χ1v) is 10.3. The van der Waals surface area contributed by atoms with Gasteiger partial charge in [-0.05, 0) is 32.6 Å². The highest BCUT2D eigenvalue weighted by molar-refractivity contribution is 7.14. The van der Waals surface area contributed by atoms with Crippen molar-refractivity contribution in [2.75, 3.05) is 0 Å². The van der Waals surface area contributed by atoms with Crippen LogP contribution in [0.25, 0.3) is 11.3 Å². The number of hydrogen-bond acceptors (Lipinski definition) is 5. The lowest BCUT2D eigenvalue weighted by atomic mass is 9.86. The molecule has 3 atom stereocenters. The molecule has 1 amide bonds. The Morgan fingerprint density at radius 2 is 1.93 bits per heavy atom. The van der Waals surface area contributed by atoms with Gasteiger partial charge in [0.2, 0.25) is 0 Å². The number of hydrogen-bond donors (Lipinski definition) is 1. The van der Waals surface area contributed by atoms with Crippen LogP contribution in [0.1, 0.15) is 54.2 Å². The minimum atomic E-state index is -0.836. The van der Waals surface area contributed by atoms with Crippen molar-refractivity contribution in [3.05, 3.63) is 40.2 Å². The zero-order valence-corrected chi connectivity index (χ0v) is 16.8. The number of esters is 1. The fourth-order valence-electron chi connectivity index (χ4n) is 3.46. The minimum absolute atomic E-state index is 0.165. The lowest BCUT2D eigenvalue weighted by Gasteiger charge is -2.30. The summed E-state index contributed by atoms with van der Waals surface area (Å²) in [5.41, 5.74) is 1.47. The molecule has 0 saturated heterocycles. The summed E-state index contributed by atoms with van der Waals surface area (Å²) >= 11 is 1.29. The summed E-state index contributed by atoms with van der Waals surface area (Å²) in [5.74, 6) is -0.275. The molecule has 0 unspecified atom stereocenters. The third kappa shape index (κ3) is 4.75. The maximum absolute atomic E-state index is 12.7. The number of carbonyl (C=O) groups is 2. The molecule has 1 N–H and O–H groups in total. The molecule has 1 saturated carbocycles. The van der Waals surface area contributed by atoms with Crippen LogP contribution in [0.4, 0.5) is 0 Å². The Hall–Kier alpha value is -2.21. The van der Waals surface area contributed by atoms with Crippen LogP contribution in [0, 0.1) is 12.8 Å². The van der Waals surface area contributed by atoms with Crippen molar-refractivity contribution in [1.82, 2.24) is 10.3 Å². The van der Waals surface area contributed by atoms with E-state index in [1.165, 1.54) is 17.8 Å². The number of thiazole rings is 1. The summed E-state index contributed by atoms with van der Waals surface area (Å²) in [4.78, 5) is 30.1. The van der Waals surface area contributed by atoms with Crippen molar-refractivity contribution < 1.29 is 14.3 Å². The van der Waals surface area contributed by atoms with Gasteiger partial charge in [-0.2, -0.15) is 0 Å². The lowest BCUT2D eigenvalue weighted by molar-refractivity contribution is -0.130. The van der Waals surface area contributed by atoms with Crippen LogP contribution in [-0.2, 0) is 9.53 Å². The van der Waals surface area contributed by atoms with Crippen molar-refractivity contribution in [3.63, 3.8) is 0 Å². The molecule has 1 aliphatic rings. The van der Waals surface area contributed by atoms with Gasteiger partial charge in [0.25, 0.3) is 5.91 Å². The quantitative estimate of drug-likeness (QED) is 0.775. The van der Waals surface area contributed by atoms with E-state index >= 15 is 0 Å². The normalized spacial score (nSPS) is 20.7. The minimum Gasteiger partial charge on any atom is -0.448 e. The van der Waals surface area contributed by atoms with Gasteiger partial charge in [0, 0.05) is 11.6 Å². The maximum atomic E-state index is 12.7. The summed E-state index contributed by atoms with van der Waals surface area (Å²) in [6.45, 7) is 5.64. The highest BCUT2D eigenvalue weighted by Crippen LogP contribution is 2.29. The zero-order valence-electron chi connectivity index (χ0n) is 16.0. The average Bonchev–Trinajstić information content (AvgIpc) is 3.06. The van der Waals surface area contributed by atoms with Crippen molar-refractivity contribution in [2.24, 2.45) is 5.92 Å². The average molecular weight is 387 g/mol. The Bertz CT molecular complexity index is 803. The van der Waals surface area contributed by atoms with E-state index in [0.717, 1.165) is 29.8 Å². The molecule has 0 aliphatic heterocycles. The Morgan fingerprint density at radius 1 is 1.22 bits per heavy atom. The molecule has 0 radical (unpaired) electrons. The second-order valence-electron chi connectivity index (χ2n) is 7.20. The summed E-state index contributed by atoms with van der Waals surface area (Å²) in [6.07, 6.45) is 3.62. The van der Waals surface area contributed by atoms with Gasteiger partial charge >= 0.3 is 5.97 Å². The predicted molar refractivity (Wildman–Crippen MR) is 107 cm³/mol. The number of aryl methyl sites for hydroxylation is 1. The molecule has 1 aliphatic carbocycles. The van der Waals surface area contributed by atoms with Gasteiger partial charge in [-0.3, -0.25) is 4.79 Å². The van der Waals surface area contributed by atoms with Gasteiger partial charge in [0.15, 0.2) is 6.10 Å². The second-order valence-corrected chi connectivity index (χ2v) is 8.40. The largest absolute Gasteiger partial charge is 0.448 e. The number of aromatic nitrogens is 1. The topological polar surface area (TPSA) is 68.3 Å². The molecule has 144 valence electrons. The molecular weight excluding hydrogens is 360 g/mol. The molecule has 3 rings (SSSR count). The summed E-state index contributed by atoms with van der Waals surface area (Å²) in [5, 5.41) is 3.83. The number of carbonyl (C=O) groups excluding carboxylic acids is 2. The van der Waals surface area contributed by atoms with E-state index in [2.05, 4.69) is 17.2 Å². The molecule has 27 heavy (non-hydrogen) atoms. The number of nitrogens with zero attached hydrogens (tertiary/aromatic N) is 1. The van der Waals surface area contributed by atoms with Crippen LogP contribution >= 0.6 is 11.3 Å². The zero-order chi connectivity index (χ0) is 19.4. The smallest absolute Gasteiger partial charge is 0.351 e. The van der Waals surface area contributed by atoms with E-state index in [4.69, 9.17) is 4.74 Å². The van der Waals surface area contributed by atoms with E-state index in [9.17, 15) is 9.59 Å². The Balaban J connectivity index is 1.67. The highest BCUT2D eigenvalue weighted by atomic mass is 32.1. The predicted octanol–water partition coefficient (Wildman–Crippen LogP) is 4.36. The summed E-state index contributed by atoms with van der Waals surface area (Å²) in [6, 6.07) is 9.70. The fraction of sp³-hybridized carbons (Fsp3) is 0.476. The van der Waals surface area contributed by atoms with Crippen LogP contribution < -0.4 is 5.32 Å². The van der Waals surface area contributed by atoms with Gasteiger partial charge < -0.3 is 10.1 Å². The van der Waals surface area contributed by atoms with Gasteiger partial charge in [-0.25, -0.2) is 9.78 Å². The molecule has 1 fully saturated rings. The van der Waals surface area contributed by atoms with Gasteiger partial charge in [-0.1, -0.05) is 50.1 Å². The third-order valence-electron chi connectivity index (χ3n) is 5.06. The Kier molecular flexibility index (Phi) is 6.26. The van der Waals surface area contributed by atoms with E-state index < -0.39 is 12.1 Å². The molecule has 1 heterocycles. The SMILES string of the molecule is Cc1nc(-c2ccccc2)c(C(=O)O[C@H](C)C(=O)N[C@@H]2CCCC[C@@H]2C)s1. The first kappa shape index (κ1) is 19.5. The molecule has 1 aromatic heterocycles. The van der Waals surface area contributed by atoms with Crippen LogP contribution in [0.15, 0.2) is 30.3 Å². The maximum Gasteiger partial charge on any atom is 0.351 e. The molecule has 5 nitrogen and oxygen atoms in total. The lowest BCUT2D eigenvalue weighted by Crippen LogP contribution is -2.45. The first-order valence-electron chi connectivity index (χ1n) is 9.50. The van der Waals surface area contributed by atoms with Crippen molar-refractivity contribution in [2.45, 2.75) is 58.6 Å². The number of ether oxygens (including phenoxy) is 1. The number of nitrogens with one attached hydrogen (secondary N) is 1. The Morgan fingerprint density at radius 3 is 2.63 bits per heavy atom. The van der Waals surface area contributed by atoms with Crippen LogP contribution in [0.5, 0.6) is 0 Å². The van der Waals surface area contributed by atoms with Gasteiger partial charge in [0.05, 0.1) is 10.7 Å². The van der Waals surface area contributed by atoms with Crippen molar-refractivity contribution >= 4 is 23.2 Å². The van der Waals surface area contributed by atoms with Crippen LogP contribution in [-0.4, -0.2) is 29.0 Å². The standard InChI is InChI=1S/C21H26N2O3S/c1-13-9-7-8-12-17(13)23-20(24)14(2)26-21(25)19-18(22-15(3)27-19)16-10-5-4-6-11-16/h4-6,10-11,13-14,17H,7-9,12H2,1-3H3,(H,23,24)/t13-,14+,17+/m0/s1. The monoisotopic (exact) mass is 386 g/mol. The number of benzene rings is 1. The first-order chi connectivity index (χ1) is 13.0. The molecule has 6 heteroatoms. The van der Waals surface area contributed by atoms with Crippen molar-refractivity contribution in [3.8, 4) is 11.3 Å². The number of amides is 1. The van der Waals surface area contributed by atoms with E-state index in [0.29, 0.717) is 16.5 Å². The van der Waals surface area contributed by atoms with Crippen molar-refractivity contribution in [1.29, 1.82) is 0 Å². The van der Waals surface area contributed by atoms with E-state index in [1.807, 2.05) is 37.3 Å². The van der Waals surface area contributed by atoms with Gasteiger partial charge in [0.1, 0.15) is 4.88 Å². The molecule has 0 bridgehead atoms. The van der Waals surface area contributed by atoms with Crippen LogP contribution in [0.3, 0.4) is 0 Å². The second kappa shape index (κ2) is 8.65. The Labute approximate surface area is 164 Å². The van der Waals surface area contributed by atoms with E-state index in [-0.39, 0.29) is 11.9 Å². The van der Waals surface area contributed by atoms with Crippen LogP contribution in [0.2, 0.25) is 0 Å². The van der Waals surface area contributed by atoms with E-state index in [1.54, 1.807) is 6.92 Å². The molecule has 2 aromatic rings. The van der Waals surface area contributed by atoms with Gasteiger partial charge in [-0.15, -0.1) is 11.3 Å². The third-order valence-corrected chi connectivity index (χ3v) is 6.01. The fourth-order valence-corrected chi connectivity index (χ4v) is 4.28. The summed E-state index contributed by atoms with van der Waals surface area (Å²) < 4.78 is 5.47. The number of rotatable bonds is 5. The highest BCUT2D eigenvalue weighted by Gasteiger charge is 2.28. The molecule has 1 aromatic carbocycles.